The number of halogens is 1. The molecule has 4 rings (SSSR count). The first-order chi connectivity index (χ1) is 14.4. The van der Waals surface area contributed by atoms with Gasteiger partial charge in [-0.3, -0.25) is 14.2 Å². The highest BCUT2D eigenvalue weighted by atomic mass is 35.5. The molecule has 0 unspecified atom stereocenters. The van der Waals surface area contributed by atoms with Crippen LogP contribution in [0.15, 0.2) is 59.5 Å². The van der Waals surface area contributed by atoms with Gasteiger partial charge in [-0.25, -0.2) is 9.67 Å². The predicted octanol–water partition coefficient (Wildman–Crippen LogP) is 3.88. The zero-order valence-corrected chi connectivity index (χ0v) is 17.3. The quantitative estimate of drug-likeness (QED) is 0.530. The SMILES string of the molecule is Cc1ccc(NC(=O)CCn2c(C)nc3c(cnn3-c3ccccc3)c2=O)cc1Cl. The summed E-state index contributed by atoms with van der Waals surface area (Å²) in [5.74, 6) is 0.317. The lowest BCUT2D eigenvalue weighted by molar-refractivity contribution is -0.116. The van der Waals surface area contributed by atoms with Gasteiger partial charge in [-0.05, 0) is 43.7 Å². The van der Waals surface area contributed by atoms with Crippen molar-refractivity contribution in [3.8, 4) is 5.69 Å². The minimum absolute atomic E-state index is 0.131. The Balaban J connectivity index is 1.55. The van der Waals surface area contributed by atoms with Crippen LogP contribution >= 0.6 is 11.6 Å². The Morgan fingerprint density at radius 3 is 2.63 bits per heavy atom. The molecule has 0 aliphatic carbocycles. The topological polar surface area (TPSA) is 81.8 Å². The second-order valence-electron chi connectivity index (χ2n) is 7.01. The molecule has 2 aromatic heterocycles. The lowest BCUT2D eigenvalue weighted by atomic mass is 10.2. The molecule has 0 saturated carbocycles. The van der Waals surface area contributed by atoms with E-state index in [2.05, 4.69) is 15.4 Å². The smallest absolute Gasteiger partial charge is 0.264 e. The molecule has 8 heteroatoms. The van der Waals surface area contributed by atoms with Gasteiger partial charge >= 0.3 is 0 Å². The van der Waals surface area contributed by atoms with E-state index in [1.54, 1.807) is 23.7 Å². The maximum Gasteiger partial charge on any atom is 0.264 e. The third-order valence-electron chi connectivity index (χ3n) is 4.90. The predicted molar refractivity (Wildman–Crippen MR) is 117 cm³/mol. The average Bonchev–Trinajstić information content (AvgIpc) is 3.15. The molecule has 0 fully saturated rings. The fourth-order valence-corrected chi connectivity index (χ4v) is 3.42. The van der Waals surface area contributed by atoms with Gasteiger partial charge in [-0.2, -0.15) is 5.10 Å². The molecule has 2 aromatic carbocycles. The van der Waals surface area contributed by atoms with E-state index in [-0.39, 0.29) is 24.4 Å². The van der Waals surface area contributed by atoms with E-state index >= 15 is 0 Å². The van der Waals surface area contributed by atoms with E-state index in [1.165, 1.54) is 10.8 Å². The Kier molecular flexibility index (Phi) is 5.37. The number of fused-ring (bicyclic) bond motifs is 1. The third-order valence-corrected chi connectivity index (χ3v) is 5.30. The number of benzene rings is 2. The monoisotopic (exact) mass is 421 g/mol. The van der Waals surface area contributed by atoms with Gasteiger partial charge in [0.2, 0.25) is 5.91 Å². The van der Waals surface area contributed by atoms with Crippen LogP contribution in [0, 0.1) is 13.8 Å². The van der Waals surface area contributed by atoms with Crippen LogP contribution in [0.2, 0.25) is 5.02 Å². The van der Waals surface area contributed by atoms with Crippen molar-refractivity contribution in [3.63, 3.8) is 0 Å². The Morgan fingerprint density at radius 2 is 1.90 bits per heavy atom. The molecule has 0 spiro atoms. The largest absolute Gasteiger partial charge is 0.326 e. The Hall–Kier alpha value is -3.45. The van der Waals surface area contributed by atoms with Crippen molar-refractivity contribution in [2.24, 2.45) is 0 Å². The summed E-state index contributed by atoms with van der Waals surface area (Å²) in [6, 6.07) is 14.9. The molecule has 0 saturated heterocycles. The molecular formula is C22H20ClN5O2. The van der Waals surface area contributed by atoms with Gasteiger partial charge < -0.3 is 5.32 Å². The number of rotatable bonds is 5. The van der Waals surface area contributed by atoms with Crippen LogP contribution in [0.4, 0.5) is 5.69 Å². The van der Waals surface area contributed by atoms with Crippen LogP contribution < -0.4 is 10.9 Å². The number of hydrogen-bond donors (Lipinski definition) is 1. The summed E-state index contributed by atoms with van der Waals surface area (Å²) in [6.07, 6.45) is 1.65. The molecule has 2 heterocycles. The molecule has 0 bridgehead atoms. The van der Waals surface area contributed by atoms with Crippen molar-refractivity contribution in [1.29, 1.82) is 0 Å². The Bertz CT molecular complexity index is 1290. The molecule has 0 aliphatic heterocycles. The van der Waals surface area contributed by atoms with Gasteiger partial charge in [0.1, 0.15) is 11.2 Å². The highest BCUT2D eigenvalue weighted by Crippen LogP contribution is 2.20. The summed E-state index contributed by atoms with van der Waals surface area (Å²) in [7, 11) is 0. The van der Waals surface area contributed by atoms with E-state index in [1.807, 2.05) is 43.3 Å². The summed E-state index contributed by atoms with van der Waals surface area (Å²) in [4.78, 5) is 29.9. The Morgan fingerprint density at radius 1 is 1.13 bits per heavy atom. The highest BCUT2D eigenvalue weighted by Gasteiger charge is 2.15. The van der Waals surface area contributed by atoms with Crippen LogP contribution in [-0.4, -0.2) is 25.2 Å². The number of para-hydroxylation sites is 1. The summed E-state index contributed by atoms with van der Waals surface area (Å²) in [5, 5.41) is 8.13. The fourth-order valence-electron chi connectivity index (χ4n) is 3.24. The van der Waals surface area contributed by atoms with Crippen molar-refractivity contribution < 1.29 is 4.79 Å². The summed E-state index contributed by atoms with van der Waals surface area (Å²) >= 11 is 6.10. The molecule has 0 atom stereocenters. The van der Waals surface area contributed by atoms with Crippen molar-refractivity contribution >= 4 is 34.2 Å². The lowest BCUT2D eigenvalue weighted by Crippen LogP contribution is -2.26. The van der Waals surface area contributed by atoms with E-state index in [4.69, 9.17) is 11.6 Å². The minimum atomic E-state index is -0.217. The van der Waals surface area contributed by atoms with Crippen molar-refractivity contribution in [2.45, 2.75) is 26.8 Å². The van der Waals surface area contributed by atoms with E-state index in [0.29, 0.717) is 27.6 Å². The zero-order valence-electron chi connectivity index (χ0n) is 16.6. The second kappa shape index (κ2) is 8.12. The van der Waals surface area contributed by atoms with Crippen molar-refractivity contribution in [1.82, 2.24) is 19.3 Å². The highest BCUT2D eigenvalue weighted by molar-refractivity contribution is 6.31. The summed E-state index contributed by atoms with van der Waals surface area (Å²) in [5.41, 5.74) is 2.67. The Labute approximate surface area is 177 Å². The average molecular weight is 422 g/mol. The van der Waals surface area contributed by atoms with Crippen LogP contribution in [0.25, 0.3) is 16.7 Å². The first-order valence-electron chi connectivity index (χ1n) is 9.50. The summed E-state index contributed by atoms with van der Waals surface area (Å²) < 4.78 is 3.14. The van der Waals surface area contributed by atoms with Crippen LogP contribution in [0.3, 0.4) is 0 Å². The molecule has 0 radical (unpaired) electrons. The number of hydrogen-bond acceptors (Lipinski definition) is 4. The second-order valence-corrected chi connectivity index (χ2v) is 7.41. The standard InChI is InChI=1S/C22H20ClN5O2/c1-14-8-9-16(12-19(14)23)26-20(29)10-11-27-15(2)25-21-18(22(27)30)13-24-28(21)17-6-4-3-5-7-17/h3-9,12-13H,10-11H2,1-2H3,(H,26,29). The van der Waals surface area contributed by atoms with E-state index in [9.17, 15) is 9.59 Å². The number of carbonyl (C=O) groups excluding carboxylic acids is 1. The van der Waals surface area contributed by atoms with Crippen LogP contribution in [-0.2, 0) is 11.3 Å². The third kappa shape index (κ3) is 3.84. The van der Waals surface area contributed by atoms with Gasteiger partial charge in [0.15, 0.2) is 5.65 Å². The van der Waals surface area contributed by atoms with Crippen LogP contribution in [0.5, 0.6) is 0 Å². The first-order valence-corrected chi connectivity index (χ1v) is 9.88. The van der Waals surface area contributed by atoms with Gasteiger partial charge in [-0.15, -0.1) is 0 Å². The number of carbonyl (C=O) groups is 1. The number of nitrogens with zero attached hydrogens (tertiary/aromatic N) is 4. The molecule has 30 heavy (non-hydrogen) atoms. The van der Waals surface area contributed by atoms with E-state index in [0.717, 1.165) is 11.3 Å². The number of amides is 1. The number of nitrogens with one attached hydrogen (secondary N) is 1. The number of aryl methyl sites for hydroxylation is 2. The molecule has 0 aliphatic rings. The van der Waals surface area contributed by atoms with Crippen LogP contribution in [0.1, 0.15) is 17.8 Å². The van der Waals surface area contributed by atoms with E-state index < -0.39 is 0 Å². The number of aromatic nitrogens is 4. The van der Waals surface area contributed by atoms with Gasteiger partial charge in [0.25, 0.3) is 5.56 Å². The maximum absolute atomic E-state index is 13.0. The molecule has 4 aromatic rings. The number of anilines is 1. The van der Waals surface area contributed by atoms with Gasteiger partial charge in [-0.1, -0.05) is 35.9 Å². The molecule has 1 amide bonds. The zero-order chi connectivity index (χ0) is 21.3. The molecular weight excluding hydrogens is 402 g/mol. The normalized spacial score (nSPS) is 11.0. The summed E-state index contributed by atoms with van der Waals surface area (Å²) in [6.45, 7) is 3.86. The molecule has 7 nitrogen and oxygen atoms in total. The van der Waals surface area contributed by atoms with Crippen molar-refractivity contribution in [3.05, 3.63) is 81.5 Å². The first kappa shape index (κ1) is 19.8. The minimum Gasteiger partial charge on any atom is -0.326 e. The van der Waals surface area contributed by atoms with Gasteiger partial charge in [0, 0.05) is 23.7 Å². The maximum atomic E-state index is 13.0. The lowest BCUT2D eigenvalue weighted by Gasteiger charge is -2.11. The van der Waals surface area contributed by atoms with Gasteiger partial charge in [0.05, 0.1) is 11.9 Å². The fraction of sp³-hybridized carbons (Fsp3) is 0.182. The molecule has 1 N–H and O–H groups in total. The molecule has 152 valence electrons. The van der Waals surface area contributed by atoms with Crippen molar-refractivity contribution in [2.75, 3.05) is 5.32 Å².